The number of nitrogens with one attached hydrogen (secondary N) is 1. The number of hydrogen-bond acceptors (Lipinski definition) is 3. The van der Waals surface area contributed by atoms with E-state index in [1.165, 1.54) is 0 Å². The molecular formula is C14H20BrCl2N3O. The molecule has 0 radical (unpaired) electrons. The number of benzene rings is 1. The number of anilines is 1. The molecule has 1 heterocycles. The van der Waals surface area contributed by atoms with Crippen molar-refractivity contribution >= 4 is 51.5 Å². The Kier molecular flexibility index (Phi) is 7.44. The summed E-state index contributed by atoms with van der Waals surface area (Å²) in [6.07, 6.45) is 0.938. The number of hydrogen-bond donors (Lipinski definition) is 2. The van der Waals surface area contributed by atoms with Crippen molar-refractivity contribution < 1.29 is 4.79 Å². The van der Waals surface area contributed by atoms with Crippen LogP contribution in [0.1, 0.15) is 13.3 Å². The summed E-state index contributed by atoms with van der Waals surface area (Å²) in [5.74, 6) is 0.379. The highest BCUT2D eigenvalue weighted by Crippen LogP contribution is 2.25. The molecule has 1 aromatic carbocycles. The van der Waals surface area contributed by atoms with Crippen molar-refractivity contribution in [2.45, 2.75) is 19.4 Å². The van der Waals surface area contributed by atoms with E-state index in [0.717, 1.165) is 24.0 Å². The number of carbonyl (C=O) groups excluding carboxylic acids is 1. The SMILES string of the molecule is CC1CN(CC(=O)Nc2ccc(Br)cc2Cl)CCC1N.Cl. The lowest BCUT2D eigenvalue weighted by atomic mass is 9.95. The van der Waals surface area contributed by atoms with Crippen LogP contribution in [-0.2, 0) is 4.79 Å². The largest absolute Gasteiger partial charge is 0.327 e. The minimum atomic E-state index is -0.0445. The van der Waals surface area contributed by atoms with E-state index in [9.17, 15) is 4.79 Å². The third-order valence-electron chi connectivity index (χ3n) is 3.63. The summed E-state index contributed by atoms with van der Waals surface area (Å²) in [7, 11) is 0. The minimum absolute atomic E-state index is 0. The van der Waals surface area contributed by atoms with Gasteiger partial charge in [0.1, 0.15) is 0 Å². The molecule has 0 saturated carbocycles. The zero-order valence-corrected chi connectivity index (χ0v) is 15.0. The van der Waals surface area contributed by atoms with Crippen LogP contribution in [0.5, 0.6) is 0 Å². The van der Waals surface area contributed by atoms with Gasteiger partial charge in [-0.2, -0.15) is 0 Å². The van der Waals surface area contributed by atoms with Crippen LogP contribution in [0.2, 0.25) is 5.02 Å². The number of amides is 1. The molecular weight excluding hydrogens is 377 g/mol. The zero-order valence-electron chi connectivity index (χ0n) is 11.8. The van der Waals surface area contributed by atoms with Gasteiger partial charge in [0.25, 0.3) is 0 Å². The van der Waals surface area contributed by atoms with Crippen LogP contribution >= 0.6 is 39.9 Å². The predicted molar refractivity (Wildman–Crippen MR) is 93.2 cm³/mol. The Hall–Kier alpha value is -0.330. The molecule has 1 aliphatic rings. The lowest BCUT2D eigenvalue weighted by molar-refractivity contribution is -0.117. The first kappa shape index (κ1) is 18.7. The molecule has 0 aromatic heterocycles. The van der Waals surface area contributed by atoms with Gasteiger partial charge in [0.15, 0.2) is 0 Å². The second kappa shape index (κ2) is 8.34. The van der Waals surface area contributed by atoms with Crippen LogP contribution in [0.4, 0.5) is 5.69 Å². The number of rotatable bonds is 3. The third kappa shape index (κ3) is 5.42. The molecule has 2 unspecified atom stereocenters. The highest BCUT2D eigenvalue weighted by Gasteiger charge is 2.24. The van der Waals surface area contributed by atoms with E-state index < -0.39 is 0 Å². The van der Waals surface area contributed by atoms with E-state index in [2.05, 4.69) is 33.1 Å². The topological polar surface area (TPSA) is 58.4 Å². The molecule has 1 fully saturated rings. The number of halogens is 3. The van der Waals surface area contributed by atoms with Crippen molar-refractivity contribution in [2.24, 2.45) is 11.7 Å². The van der Waals surface area contributed by atoms with Crippen LogP contribution in [0.25, 0.3) is 0 Å². The van der Waals surface area contributed by atoms with E-state index in [1.54, 1.807) is 12.1 Å². The van der Waals surface area contributed by atoms with Gasteiger partial charge in [-0.05, 0) is 30.5 Å². The van der Waals surface area contributed by atoms with Crippen molar-refractivity contribution in [2.75, 3.05) is 25.0 Å². The van der Waals surface area contributed by atoms with E-state index in [-0.39, 0.29) is 24.4 Å². The molecule has 4 nitrogen and oxygen atoms in total. The average molecular weight is 397 g/mol. The molecule has 1 aliphatic heterocycles. The van der Waals surface area contributed by atoms with E-state index in [4.69, 9.17) is 17.3 Å². The number of likely N-dealkylation sites (tertiary alicyclic amines) is 1. The van der Waals surface area contributed by atoms with Crippen LogP contribution in [0, 0.1) is 5.92 Å². The van der Waals surface area contributed by atoms with Gasteiger partial charge < -0.3 is 11.1 Å². The fraction of sp³-hybridized carbons (Fsp3) is 0.500. The first-order valence-electron chi connectivity index (χ1n) is 6.68. The van der Waals surface area contributed by atoms with Crippen molar-refractivity contribution in [3.05, 3.63) is 27.7 Å². The summed E-state index contributed by atoms with van der Waals surface area (Å²) < 4.78 is 0.888. The molecule has 0 spiro atoms. The van der Waals surface area contributed by atoms with Crippen molar-refractivity contribution in [1.82, 2.24) is 4.90 Å². The third-order valence-corrected chi connectivity index (χ3v) is 4.43. The number of piperidine rings is 1. The smallest absolute Gasteiger partial charge is 0.238 e. The van der Waals surface area contributed by atoms with Gasteiger partial charge in [-0.1, -0.05) is 34.5 Å². The highest BCUT2D eigenvalue weighted by atomic mass is 79.9. The Labute approximate surface area is 144 Å². The molecule has 21 heavy (non-hydrogen) atoms. The molecule has 3 N–H and O–H groups in total. The molecule has 2 atom stereocenters. The second-order valence-corrected chi connectivity index (χ2v) is 6.66. The summed E-state index contributed by atoms with van der Waals surface area (Å²) >= 11 is 9.42. The molecule has 0 aliphatic carbocycles. The first-order valence-corrected chi connectivity index (χ1v) is 7.85. The fourth-order valence-electron chi connectivity index (χ4n) is 2.38. The summed E-state index contributed by atoms with van der Waals surface area (Å²) in [5, 5.41) is 3.38. The lowest BCUT2D eigenvalue weighted by Gasteiger charge is -2.34. The average Bonchev–Trinajstić information content (AvgIpc) is 2.37. The quantitative estimate of drug-likeness (QED) is 0.824. The molecule has 1 saturated heterocycles. The van der Waals surface area contributed by atoms with Gasteiger partial charge in [-0.25, -0.2) is 0 Å². The second-order valence-electron chi connectivity index (χ2n) is 5.34. The molecule has 0 bridgehead atoms. The molecule has 1 amide bonds. The maximum atomic E-state index is 12.1. The first-order chi connectivity index (χ1) is 9.45. The Balaban J connectivity index is 0.00000220. The van der Waals surface area contributed by atoms with Crippen molar-refractivity contribution in [3.63, 3.8) is 0 Å². The standard InChI is InChI=1S/C14H19BrClN3O.ClH/c1-9-7-19(5-4-12(9)17)8-14(20)18-13-3-2-10(15)6-11(13)16;/h2-3,6,9,12H,4-5,7-8,17H2,1H3,(H,18,20);1H. The monoisotopic (exact) mass is 395 g/mol. The molecule has 7 heteroatoms. The van der Waals surface area contributed by atoms with Gasteiger partial charge in [0.05, 0.1) is 17.3 Å². The molecule has 118 valence electrons. The van der Waals surface area contributed by atoms with E-state index in [1.807, 2.05) is 6.07 Å². The van der Waals surface area contributed by atoms with Crippen molar-refractivity contribution in [3.8, 4) is 0 Å². The maximum absolute atomic E-state index is 12.1. The Morgan fingerprint density at radius 1 is 1.57 bits per heavy atom. The van der Waals surface area contributed by atoms with Crippen LogP contribution in [-0.4, -0.2) is 36.5 Å². The summed E-state index contributed by atoms with van der Waals surface area (Å²) in [6, 6.07) is 5.65. The van der Waals surface area contributed by atoms with Gasteiger partial charge >= 0.3 is 0 Å². The summed E-state index contributed by atoms with van der Waals surface area (Å²) in [4.78, 5) is 14.2. The lowest BCUT2D eigenvalue weighted by Crippen LogP contribution is -2.48. The molecule has 1 aromatic rings. The highest BCUT2D eigenvalue weighted by molar-refractivity contribution is 9.10. The number of nitrogens with zero attached hydrogens (tertiary/aromatic N) is 1. The van der Waals surface area contributed by atoms with Crippen LogP contribution in [0.15, 0.2) is 22.7 Å². The number of carbonyl (C=O) groups is 1. The normalized spacial score (nSPS) is 22.5. The van der Waals surface area contributed by atoms with E-state index in [0.29, 0.717) is 23.2 Å². The minimum Gasteiger partial charge on any atom is -0.327 e. The number of nitrogens with two attached hydrogens (primary N) is 1. The predicted octanol–water partition coefficient (Wildman–Crippen LogP) is 3.13. The molecule has 2 rings (SSSR count). The maximum Gasteiger partial charge on any atom is 0.238 e. The van der Waals surface area contributed by atoms with Gasteiger partial charge in [-0.15, -0.1) is 12.4 Å². The van der Waals surface area contributed by atoms with Gasteiger partial charge in [-0.3, -0.25) is 9.69 Å². The van der Waals surface area contributed by atoms with Crippen LogP contribution in [0.3, 0.4) is 0 Å². The van der Waals surface area contributed by atoms with Gasteiger partial charge in [0.2, 0.25) is 5.91 Å². The Morgan fingerprint density at radius 2 is 2.29 bits per heavy atom. The Morgan fingerprint density at radius 3 is 2.90 bits per heavy atom. The zero-order chi connectivity index (χ0) is 14.7. The Bertz CT molecular complexity index is 501. The van der Waals surface area contributed by atoms with Gasteiger partial charge in [0, 0.05) is 23.6 Å². The fourth-order valence-corrected chi connectivity index (χ4v) is 3.10. The van der Waals surface area contributed by atoms with Crippen LogP contribution < -0.4 is 11.1 Å². The van der Waals surface area contributed by atoms with E-state index >= 15 is 0 Å². The van der Waals surface area contributed by atoms with Crippen molar-refractivity contribution in [1.29, 1.82) is 0 Å². The summed E-state index contributed by atoms with van der Waals surface area (Å²) in [6.45, 7) is 4.24. The summed E-state index contributed by atoms with van der Waals surface area (Å²) in [5.41, 5.74) is 6.62.